The summed E-state index contributed by atoms with van der Waals surface area (Å²) in [6, 6.07) is 11.0. The molecular weight excluding hydrogens is 386 g/mol. The first-order chi connectivity index (χ1) is 15.4. The molecule has 4 aromatic rings. The molecule has 7 nitrogen and oxygen atoms in total. The largest absolute Gasteiger partial charge is 0.369 e. The van der Waals surface area contributed by atoms with Crippen molar-refractivity contribution in [2.45, 2.75) is 18.9 Å². The van der Waals surface area contributed by atoms with Gasteiger partial charge < -0.3 is 10.2 Å². The summed E-state index contributed by atoms with van der Waals surface area (Å²) in [7, 11) is 0. The molecule has 2 saturated heterocycles. The normalized spacial score (nSPS) is 18.8. The van der Waals surface area contributed by atoms with Gasteiger partial charge in [-0.05, 0) is 30.5 Å². The second kappa shape index (κ2) is 7.90. The van der Waals surface area contributed by atoms with Crippen LogP contribution in [-0.2, 0) is 0 Å². The van der Waals surface area contributed by atoms with Crippen molar-refractivity contribution < 1.29 is 0 Å². The predicted molar refractivity (Wildman–Crippen MR) is 123 cm³/mol. The number of pyridine rings is 1. The van der Waals surface area contributed by atoms with Gasteiger partial charge in [-0.15, -0.1) is 0 Å². The van der Waals surface area contributed by atoms with E-state index in [0.29, 0.717) is 6.04 Å². The van der Waals surface area contributed by atoms with E-state index in [0.717, 1.165) is 59.5 Å². The molecule has 2 aliphatic rings. The van der Waals surface area contributed by atoms with Gasteiger partial charge in [-0.2, -0.15) is 5.10 Å². The molecule has 7 heteroatoms. The van der Waals surface area contributed by atoms with Crippen LogP contribution >= 0.6 is 0 Å². The van der Waals surface area contributed by atoms with E-state index in [4.69, 9.17) is 4.98 Å². The van der Waals surface area contributed by atoms with Crippen LogP contribution in [0.15, 0.2) is 55.1 Å². The van der Waals surface area contributed by atoms with Gasteiger partial charge in [0.2, 0.25) is 0 Å². The lowest BCUT2D eigenvalue weighted by atomic mass is 10.0. The zero-order valence-corrected chi connectivity index (χ0v) is 17.6. The average Bonchev–Trinajstić information content (AvgIpc) is 3.27. The van der Waals surface area contributed by atoms with Crippen molar-refractivity contribution in [2.24, 2.45) is 0 Å². The summed E-state index contributed by atoms with van der Waals surface area (Å²) < 4.78 is 1.92. The highest BCUT2D eigenvalue weighted by Gasteiger charge is 2.26. The van der Waals surface area contributed by atoms with E-state index >= 15 is 0 Å². The van der Waals surface area contributed by atoms with Crippen LogP contribution in [0.5, 0.6) is 0 Å². The third-order valence-corrected chi connectivity index (χ3v) is 6.78. The molecule has 5 heterocycles. The fraction of sp³-hybridized carbons (Fsp3) is 0.375. The number of piperazine rings is 1. The third kappa shape index (κ3) is 3.43. The lowest BCUT2D eigenvalue weighted by molar-refractivity contribution is 0.150. The molecule has 0 radical (unpaired) electrons. The third-order valence-electron chi connectivity index (χ3n) is 6.78. The van der Waals surface area contributed by atoms with Gasteiger partial charge in [0.1, 0.15) is 0 Å². The first-order valence-corrected chi connectivity index (χ1v) is 11.2. The number of piperidine rings is 1. The van der Waals surface area contributed by atoms with Gasteiger partial charge in [0.25, 0.3) is 0 Å². The summed E-state index contributed by atoms with van der Waals surface area (Å²) >= 11 is 0. The molecule has 0 atom stereocenters. The van der Waals surface area contributed by atoms with Crippen LogP contribution < -0.4 is 10.2 Å². The number of nitrogens with zero attached hydrogens (tertiary/aromatic N) is 6. The van der Waals surface area contributed by atoms with E-state index in [1.807, 2.05) is 35.2 Å². The summed E-state index contributed by atoms with van der Waals surface area (Å²) in [4.78, 5) is 14.4. The van der Waals surface area contributed by atoms with Crippen LogP contribution in [0.25, 0.3) is 27.7 Å². The Morgan fingerprint density at radius 3 is 2.58 bits per heavy atom. The van der Waals surface area contributed by atoms with Crippen LogP contribution in [0.3, 0.4) is 0 Å². The van der Waals surface area contributed by atoms with Crippen molar-refractivity contribution >= 4 is 22.2 Å². The molecule has 3 aromatic heterocycles. The number of aromatic nitrogens is 4. The number of hydrogen-bond donors (Lipinski definition) is 1. The maximum Gasteiger partial charge on any atom is 0.162 e. The molecule has 0 amide bonds. The second-order valence-corrected chi connectivity index (χ2v) is 8.52. The van der Waals surface area contributed by atoms with Gasteiger partial charge >= 0.3 is 0 Å². The van der Waals surface area contributed by atoms with Crippen LogP contribution in [-0.4, -0.2) is 69.8 Å². The SMILES string of the molecule is c1ccc2c(-c3cnn4cc(N5CCC(N6CCNCC6)CC5)cnc34)ccnc2c1. The molecule has 1 N–H and O–H groups in total. The number of hydrogen-bond acceptors (Lipinski definition) is 6. The van der Waals surface area contributed by atoms with Gasteiger partial charge in [-0.1, -0.05) is 18.2 Å². The maximum atomic E-state index is 4.83. The topological polar surface area (TPSA) is 61.6 Å². The molecule has 2 fully saturated rings. The minimum atomic E-state index is 0.714. The van der Waals surface area contributed by atoms with Crippen molar-refractivity contribution in [3.63, 3.8) is 0 Å². The molecule has 0 aliphatic carbocycles. The zero-order chi connectivity index (χ0) is 20.6. The molecule has 31 heavy (non-hydrogen) atoms. The summed E-state index contributed by atoms with van der Waals surface area (Å²) in [5.41, 5.74) is 5.19. The quantitative estimate of drug-likeness (QED) is 0.557. The summed E-state index contributed by atoms with van der Waals surface area (Å²) in [5, 5.41) is 9.22. The van der Waals surface area contributed by atoms with E-state index in [-0.39, 0.29) is 0 Å². The number of fused-ring (bicyclic) bond motifs is 2. The Morgan fingerprint density at radius 2 is 1.71 bits per heavy atom. The van der Waals surface area contributed by atoms with Gasteiger partial charge in [0.15, 0.2) is 5.65 Å². The summed E-state index contributed by atoms with van der Waals surface area (Å²) in [5.74, 6) is 0. The van der Waals surface area contributed by atoms with Crippen molar-refractivity contribution in [3.8, 4) is 11.1 Å². The zero-order valence-electron chi connectivity index (χ0n) is 17.6. The van der Waals surface area contributed by atoms with Crippen LogP contribution in [0, 0.1) is 0 Å². The van der Waals surface area contributed by atoms with Gasteiger partial charge in [0, 0.05) is 62.5 Å². The molecule has 0 saturated carbocycles. The Bertz CT molecular complexity index is 1200. The Morgan fingerprint density at radius 1 is 0.871 bits per heavy atom. The fourth-order valence-electron chi connectivity index (χ4n) is 5.09. The molecule has 2 aliphatic heterocycles. The molecule has 0 spiro atoms. The lowest BCUT2D eigenvalue weighted by Gasteiger charge is -2.40. The minimum Gasteiger partial charge on any atom is -0.369 e. The Labute approximate surface area is 181 Å². The van der Waals surface area contributed by atoms with E-state index in [9.17, 15) is 0 Å². The fourth-order valence-corrected chi connectivity index (χ4v) is 5.09. The smallest absolute Gasteiger partial charge is 0.162 e. The molecule has 0 unspecified atom stereocenters. The van der Waals surface area contributed by atoms with Crippen molar-refractivity contribution in [2.75, 3.05) is 44.2 Å². The van der Waals surface area contributed by atoms with Gasteiger partial charge in [-0.3, -0.25) is 9.88 Å². The van der Waals surface area contributed by atoms with E-state index in [1.165, 1.54) is 25.9 Å². The van der Waals surface area contributed by atoms with Crippen LogP contribution in [0.2, 0.25) is 0 Å². The van der Waals surface area contributed by atoms with Gasteiger partial charge in [0.05, 0.1) is 29.8 Å². The average molecular weight is 414 g/mol. The van der Waals surface area contributed by atoms with E-state index < -0.39 is 0 Å². The maximum absolute atomic E-state index is 4.83. The molecule has 6 rings (SSSR count). The van der Waals surface area contributed by atoms with Crippen molar-refractivity contribution in [1.82, 2.24) is 29.8 Å². The second-order valence-electron chi connectivity index (χ2n) is 8.52. The number of anilines is 1. The number of para-hydroxylation sites is 1. The highest BCUT2D eigenvalue weighted by molar-refractivity contribution is 5.97. The lowest BCUT2D eigenvalue weighted by Crippen LogP contribution is -2.52. The molecule has 158 valence electrons. The van der Waals surface area contributed by atoms with Gasteiger partial charge in [-0.25, -0.2) is 9.50 Å². The predicted octanol–water partition coefficient (Wildman–Crippen LogP) is 2.82. The minimum absolute atomic E-state index is 0.714. The summed E-state index contributed by atoms with van der Waals surface area (Å²) in [6.45, 7) is 6.75. The highest BCUT2D eigenvalue weighted by Crippen LogP contribution is 2.31. The molecular formula is C24H27N7. The van der Waals surface area contributed by atoms with Crippen molar-refractivity contribution in [1.29, 1.82) is 0 Å². The van der Waals surface area contributed by atoms with Crippen LogP contribution in [0.4, 0.5) is 5.69 Å². The van der Waals surface area contributed by atoms with Crippen molar-refractivity contribution in [3.05, 3.63) is 55.1 Å². The highest BCUT2D eigenvalue weighted by atomic mass is 15.3. The number of benzene rings is 1. The van der Waals surface area contributed by atoms with E-state index in [2.05, 4.69) is 49.6 Å². The number of rotatable bonds is 3. The standard InChI is InChI=1S/C24H27N7/c1-2-4-23-21(3-1)20(5-8-26-23)22-16-28-31-17-19(15-27-24(22)31)29-11-6-18(7-12-29)30-13-9-25-10-14-30/h1-5,8,15-18,25H,6-7,9-14H2. The summed E-state index contributed by atoms with van der Waals surface area (Å²) in [6.07, 6.45) is 10.3. The molecule has 0 bridgehead atoms. The Kier molecular flexibility index (Phi) is 4.77. The van der Waals surface area contributed by atoms with Crippen LogP contribution in [0.1, 0.15) is 12.8 Å². The monoisotopic (exact) mass is 413 g/mol. The Balaban J connectivity index is 1.25. The first-order valence-electron chi connectivity index (χ1n) is 11.2. The Hall–Kier alpha value is -3.03. The van der Waals surface area contributed by atoms with E-state index in [1.54, 1.807) is 0 Å². The first kappa shape index (κ1) is 18.7. The molecule has 1 aromatic carbocycles. The number of nitrogens with one attached hydrogen (secondary N) is 1.